The standard InChI is InChI=1S/C9H8N4O3.K/c1-4(14)13-5-2-10-7-6(5)11-3-12-8(7)9(15)16;/h2-3,10H,1H3,(H,13,14)(H,15,16);/q;+1/p-1. The van der Waals surface area contributed by atoms with Crippen LogP contribution in [0.2, 0.25) is 0 Å². The first-order valence-electron chi connectivity index (χ1n) is 4.40. The number of carboxylic acid groups (broad SMARTS) is 1. The second-order valence-corrected chi connectivity index (χ2v) is 3.12. The Bertz CT molecular complexity index is 581. The monoisotopic (exact) mass is 258 g/mol. The number of aromatic nitrogens is 3. The number of nitrogens with one attached hydrogen (secondary N) is 2. The molecule has 0 aliphatic heterocycles. The Kier molecular flexibility index (Phi) is 4.77. The molecule has 8 heteroatoms. The molecule has 0 unspecified atom stereocenters. The number of H-pyrrole nitrogens is 1. The molecule has 0 aliphatic rings. The average molecular weight is 258 g/mol. The minimum Gasteiger partial charge on any atom is -0.543 e. The van der Waals surface area contributed by atoms with Crippen molar-refractivity contribution >= 4 is 28.6 Å². The minimum atomic E-state index is -1.40. The molecule has 2 aromatic heterocycles. The van der Waals surface area contributed by atoms with E-state index in [9.17, 15) is 14.7 Å². The number of hydrogen-bond acceptors (Lipinski definition) is 5. The van der Waals surface area contributed by atoms with Gasteiger partial charge in [0, 0.05) is 13.1 Å². The van der Waals surface area contributed by atoms with Crippen LogP contribution in [0.4, 0.5) is 5.69 Å². The molecule has 0 atom stereocenters. The van der Waals surface area contributed by atoms with Gasteiger partial charge in [-0.15, -0.1) is 0 Å². The second-order valence-electron chi connectivity index (χ2n) is 3.12. The van der Waals surface area contributed by atoms with Crippen LogP contribution in [0.15, 0.2) is 12.5 Å². The normalized spacial score (nSPS) is 9.71. The number of nitrogens with zero attached hydrogens (tertiary/aromatic N) is 2. The maximum atomic E-state index is 10.9. The summed E-state index contributed by atoms with van der Waals surface area (Å²) in [6.07, 6.45) is 2.56. The number of hydrogen-bond donors (Lipinski definition) is 2. The number of rotatable bonds is 2. The number of amides is 1. The molecule has 0 aromatic carbocycles. The molecule has 2 aromatic rings. The summed E-state index contributed by atoms with van der Waals surface area (Å²) in [6, 6.07) is 0. The third-order valence-electron chi connectivity index (χ3n) is 1.97. The largest absolute Gasteiger partial charge is 1.00 e. The van der Waals surface area contributed by atoms with E-state index in [-0.39, 0.29) is 68.5 Å². The number of carboxylic acids is 1. The van der Waals surface area contributed by atoms with Crippen molar-refractivity contribution in [1.29, 1.82) is 0 Å². The van der Waals surface area contributed by atoms with Crippen molar-refractivity contribution in [1.82, 2.24) is 15.0 Å². The predicted octanol–water partition coefficient (Wildman–Crippen LogP) is -3.72. The molecular formula is C9H7KN4O3. The maximum Gasteiger partial charge on any atom is 1.00 e. The van der Waals surface area contributed by atoms with Crippen molar-refractivity contribution in [2.45, 2.75) is 6.92 Å². The van der Waals surface area contributed by atoms with Crippen LogP contribution in [0.5, 0.6) is 0 Å². The van der Waals surface area contributed by atoms with Gasteiger partial charge in [0.25, 0.3) is 0 Å². The van der Waals surface area contributed by atoms with Crippen molar-refractivity contribution in [3.63, 3.8) is 0 Å². The zero-order valence-corrected chi connectivity index (χ0v) is 12.4. The quantitative estimate of drug-likeness (QED) is 0.538. The Hall–Kier alpha value is -0.804. The molecule has 1 amide bonds. The Morgan fingerprint density at radius 1 is 1.41 bits per heavy atom. The molecule has 0 radical (unpaired) electrons. The van der Waals surface area contributed by atoms with Gasteiger partial charge < -0.3 is 20.2 Å². The number of aromatic carboxylic acids is 1. The van der Waals surface area contributed by atoms with Gasteiger partial charge in [0.2, 0.25) is 5.91 Å². The first-order chi connectivity index (χ1) is 7.59. The topological polar surface area (TPSA) is 111 Å². The van der Waals surface area contributed by atoms with Crippen molar-refractivity contribution in [3.8, 4) is 0 Å². The number of anilines is 1. The summed E-state index contributed by atoms with van der Waals surface area (Å²) in [5.41, 5.74) is 0.740. The summed E-state index contributed by atoms with van der Waals surface area (Å²) in [5, 5.41) is 13.3. The first kappa shape index (κ1) is 14.3. The van der Waals surface area contributed by atoms with E-state index < -0.39 is 5.97 Å². The molecule has 2 N–H and O–H groups in total. The van der Waals surface area contributed by atoms with Gasteiger partial charge in [0.15, 0.2) is 0 Å². The van der Waals surface area contributed by atoms with Crippen molar-refractivity contribution in [3.05, 3.63) is 18.2 Å². The van der Waals surface area contributed by atoms with Gasteiger partial charge in [-0.05, 0) is 0 Å². The van der Waals surface area contributed by atoms with E-state index in [2.05, 4.69) is 20.3 Å². The molecule has 0 aliphatic carbocycles. The molecular weight excluding hydrogens is 251 g/mol. The molecule has 0 spiro atoms. The Morgan fingerprint density at radius 2 is 2.12 bits per heavy atom. The summed E-state index contributed by atoms with van der Waals surface area (Å²) in [4.78, 5) is 31.8. The SMILES string of the molecule is CC(=O)Nc1c[nH]c2c(C(=O)[O-])ncnc12.[K+]. The van der Waals surface area contributed by atoms with Crippen LogP contribution < -0.4 is 61.8 Å². The number of carbonyl (C=O) groups is 2. The number of carbonyl (C=O) groups excluding carboxylic acids is 2. The van der Waals surface area contributed by atoms with Gasteiger partial charge >= 0.3 is 51.4 Å². The van der Waals surface area contributed by atoms with E-state index in [1.165, 1.54) is 13.1 Å². The fraction of sp³-hybridized carbons (Fsp3) is 0.111. The smallest absolute Gasteiger partial charge is 0.543 e. The fourth-order valence-corrected chi connectivity index (χ4v) is 1.38. The van der Waals surface area contributed by atoms with E-state index in [1.807, 2.05) is 0 Å². The summed E-state index contributed by atoms with van der Waals surface area (Å²) >= 11 is 0. The van der Waals surface area contributed by atoms with Gasteiger partial charge in [-0.1, -0.05) is 0 Å². The molecule has 0 bridgehead atoms. The Balaban J connectivity index is 0.00000144. The van der Waals surface area contributed by atoms with E-state index in [4.69, 9.17) is 0 Å². The van der Waals surface area contributed by atoms with Gasteiger partial charge in [-0.25, -0.2) is 9.97 Å². The maximum absolute atomic E-state index is 10.9. The summed E-state index contributed by atoms with van der Waals surface area (Å²) in [6.45, 7) is 1.35. The van der Waals surface area contributed by atoms with Crippen LogP contribution in [0.1, 0.15) is 17.4 Å². The number of aromatic amines is 1. The van der Waals surface area contributed by atoms with Crippen molar-refractivity contribution in [2.24, 2.45) is 0 Å². The zero-order valence-electron chi connectivity index (χ0n) is 9.27. The zero-order chi connectivity index (χ0) is 11.7. The molecule has 2 heterocycles. The van der Waals surface area contributed by atoms with Crippen LogP contribution in [-0.4, -0.2) is 26.8 Å². The average Bonchev–Trinajstić information content (AvgIpc) is 2.60. The van der Waals surface area contributed by atoms with E-state index in [0.717, 1.165) is 6.33 Å². The van der Waals surface area contributed by atoms with E-state index >= 15 is 0 Å². The third kappa shape index (κ3) is 2.90. The van der Waals surface area contributed by atoms with Crippen molar-refractivity contribution in [2.75, 3.05) is 5.32 Å². The van der Waals surface area contributed by atoms with Crippen LogP contribution in [0, 0.1) is 0 Å². The summed E-state index contributed by atoms with van der Waals surface area (Å²) < 4.78 is 0. The second kappa shape index (κ2) is 5.69. The summed E-state index contributed by atoms with van der Waals surface area (Å²) in [5.74, 6) is -1.67. The molecule has 0 saturated carbocycles. The minimum absolute atomic E-state index is 0. The fourth-order valence-electron chi connectivity index (χ4n) is 1.38. The van der Waals surface area contributed by atoms with E-state index in [1.54, 1.807) is 0 Å². The molecule has 2 rings (SSSR count). The van der Waals surface area contributed by atoms with Crippen LogP contribution in [0.3, 0.4) is 0 Å². The molecule has 17 heavy (non-hydrogen) atoms. The number of fused-ring (bicyclic) bond motifs is 1. The van der Waals surface area contributed by atoms with Crippen LogP contribution >= 0.6 is 0 Å². The van der Waals surface area contributed by atoms with E-state index in [0.29, 0.717) is 11.2 Å². The first-order valence-corrected chi connectivity index (χ1v) is 4.40. The Morgan fingerprint density at radius 3 is 2.71 bits per heavy atom. The van der Waals surface area contributed by atoms with Gasteiger partial charge in [-0.3, -0.25) is 4.79 Å². The molecule has 82 valence electrons. The Labute approximate surface area is 138 Å². The third-order valence-corrected chi connectivity index (χ3v) is 1.97. The molecule has 7 nitrogen and oxygen atoms in total. The predicted molar refractivity (Wildman–Crippen MR) is 52.5 cm³/mol. The van der Waals surface area contributed by atoms with Gasteiger partial charge in [0.05, 0.1) is 17.2 Å². The summed E-state index contributed by atoms with van der Waals surface area (Å²) in [7, 11) is 0. The van der Waals surface area contributed by atoms with Crippen LogP contribution in [-0.2, 0) is 4.79 Å². The molecule has 0 saturated heterocycles. The van der Waals surface area contributed by atoms with Crippen molar-refractivity contribution < 1.29 is 66.1 Å². The van der Waals surface area contributed by atoms with Gasteiger partial charge in [0.1, 0.15) is 17.5 Å². The molecule has 0 fully saturated rings. The van der Waals surface area contributed by atoms with Gasteiger partial charge in [-0.2, -0.15) is 0 Å². The van der Waals surface area contributed by atoms with Crippen LogP contribution in [0.25, 0.3) is 11.0 Å².